The normalized spacial score (nSPS) is 13.8. The van der Waals surface area contributed by atoms with Gasteiger partial charge in [-0.1, -0.05) is 11.6 Å². The molecule has 2 heterocycles. The van der Waals surface area contributed by atoms with Crippen molar-refractivity contribution in [2.24, 2.45) is 0 Å². The van der Waals surface area contributed by atoms with Crippen LogP contribution in [0.3, 0.4) is 0 Å². The fourth-order valence-electron chi connectivity index (χ4n) is 3.24. The molecule has 0 radical (unpaired) electrons. The monoisotopic (exact) mass is 359 g/mol. The van der Waals surface area contributed by atoms with E-state index < -0.39 is 0 Å². The van der Waals surface area contributed by atoms with Crippen LogP contribution in [0.25, 0.3) is 10.2 Å². The van der Waals surface area contributed by atoms with E-state index in [1.54, 1.807) is 24.8 Å². The minimum absolute atomic E-state index is 0.693. The summed E-state index contributed by atoms with van der Waals surface area (Å²) in [5, 5.41) is 5.29. The van der Waals surface area contributed by atoms with E-state index >= 15 is 0 Å². The quantitative estimate of drug-likeness (QED) is 0.690. The summed E-state index contributed by atoms with van der Waals surface area (Å²) in [7, 11) is 1.65. The summed E-state index contributed by atoms with van der Waals surface area (Å²) in [4.78, 5) is 11.5. The van der Waals surface area contributed by atoms with Crippen molar-refractivity contribution in [1.82, 2.24) is 9.97 Å². The van der Waals surface area contributed by atoms with Crippen molar-refractivity contribution in [1.29, 1.82) is 0 Å². The summed E-state index contributed by atoms with van der Waals surface area (Å²) < 4.78 is 5.47. The van der Waals surface area contributed by atoms with Crippen molar-refractivity contribution >= 4 is 44.7 Å². The van der Waals surface area contributed by atoms with Crippen LogP contribution in [0.1, 0.15) is 28.8 Å². The molecule has 4 nitrogen and oxygen atoms in total. The van der Waals surface area contributed by atoms with Gasteiger partial charge in [-0.15, -0.1) is 11.3 Å². The number of aromatic nitrogens is 2. The number of halogens is 1. The first-order chi connectivity index (χ1) is 11.7. The molecule has 0 aliphatic heterocycles. The second kappa shape index (κ2) is 6.22. The fraction of sp³-hybridized carbons (Fsp3) is 0.333. The van der Waals surface area contributed by atoms with Gasteiger partial charge in [-0.05, 0) is 49.8 Å². The SMILES string of the molecule is COc1cc(Cl)c(C)cc1Nc1ncnc2sc3c(c12)CCCC3. The van der Waals surface area contributed by atoms with Crippen LogP contribution >= 0.6 is 22.9 Å². The van der Waals surface area contributed by atoms with Crippen molar-refractivity contribution < 1.29 is 4.74 Å². The number of methoxy groups -OCH3 is 1. The molecule has 3 aromatic rings. The van der Waals surface area contributed by atoms with E-state index in [4.69, 9.17) is 16.3 Å². The van der Waals surface area contributed by atoms with Crippen molar-refractivity contribution in [2.45, 2.75) is 32.6 Å². The number of rotatable bonds is 3. The van der Waals surface area contributed by atoms with E-state index in [9.17, 15) is 0 Å². The van der Waals surface area contributed by atoms with Crippen LogP contribution in [-0.4, -0.2) is 17.1 Å². The maximum absolute atomic E-state index is 6.21. The average molecular weight is 360 g/mol. The highest BCUT2D eigenvalue weighted by atomic mass is 35.5. The van der Waals surface area contributed by atoms with Gasteiger partial charge in [-0.25, -0.2) is 9.97 Å². The molecule has 0 amide bonds. The molecule has 0 spiro atoms. The number of thiophene rings is 1. The number of fused-ring (bicyclic) bond motifs is 3. The van der Waals surface area contributed by atoms with Crippen LogP contribution in [-0.2, 0) is 12.8 Å². The van der Waals surface area contributed by atoms with Crippen molar-refractivity contribution in [3.8, 4) is 5.75 Å². The Kier molecular flexibility index (Phi) is 4.06. The van der Waals surface area contributed by atoms with Crippen molar-refractivity contribution in [3.05, 3.63) is 39.5 Å². The van der Waals surface area contributed by atoms with Gasteiger partial charge < -0.3 is 10.1 Å². The van der Waals surface area contributed by atoms with Gasteiger partial charge in [0.2, 0.25) is 0 Å². The lowest BCUT2D eigenvalue weighted by atomic mass is 9.97. The molecule has 124 valence electrons. The highest BCUT2D eigenvalue weighted by molar-refractivity contribution is 7.19. The van der Waals surface area contributed by atoms with E-state index in [0.717, 1.165) is 40.1 Å². The van der Waals surface area contributed by atoms with Gasteiger partial charge in [0.15, 0.2) is 0 Å². The summed E-state index contributed by atoms with van der Waals surface area (Å²) in [5.74, 6) is 1.56. The van der Waals surface area contributed by atoms with Gasteiger partial charge in [0.25, 0.3) is 0 Å². The maximum Gasteiger partial charge on any atom is 0.143 e. The van der Waals surface area contributed by atoms with Crippen LogP contribution in [0.4, 0.5) is 11.5 Å². The molecular weight excluding hydrogens is 342 g/mol. The molecule has 0 unspecified atom stereocenters. The summed E-state index contributed by atoms with van der Waals surface area (Å²) in [6, 6.07) is 3.83. The van der Waals surface area contributed by atoms with Gasteiger partial charge in [0.05, 0.1) is 18.2 Å². The number of nitrogens with zero attached hydrogens (tertiary/aromatic N) is 2. The number of aryl methyl sites for hydroxylation is 3. The maximum atomic E-state index is 6.21. The molecule has 0 fully saturated rings. The van der Waals surface area contributed by atoms with Crippen molar-refractivity contribution in [3.63, 3.8) is 0 Å². The van der Waals surface area contributed by atoms with E-state index in [-0.39, 0.29) is 0 Å². The van der Waals surface area contributed by atoms with E-state index in [1.165, 1.54) is 23.3 Å². The molecule has 0 saturated carbocycles. The average Bonchev–Trinajstić information content (AvgIpc) is 2.97. The smallest absolute Gasteiger partial charge is 0.143 e. The van der Waals surface area contributed by atoms with Gasteiger partial charge in [-0.3, -0.25) is 0 Å². The predicted octanol–water partition coefficient (Wildman–Crippen LogP) is 5.28. The lowest BCUT2D eigenvalue weighted by Gasteiger charge is -2.15. The first-order valence-corrected chi connectivity index (χ1v) is 9.23. The standard InChI is InChI=1S/C18H18ClN3OS/c1-10-7-13(14(23-2)8-12(10)19)22-17-16-11-5-3-4-6-15(11)24-18(16)21-9-20-17/h7-9H,3-6H2,1-2H3,(H,20,21,22). The predicted molar refractivity (Wildman–Crippen MR) is 100 cm³/mol. The van der Waals surface area contributed by atoms with E-state index in [2.05, 4.69) is 15.3 Å². The Morgan fingerprint density at radius 1 is 1.21 bits per heavy atom. The Bertz CT molecular complexity index is 922. The van der Waals surface area contributed by atoms with Gasteiger partial charge in [-0.2, -0.15) is 0 Å². The molecular formula is C18H18ClN3OS. The first-order valence-electron chi connectivity index (χ1n) is 8.04. The Morgan fingerprint density at radius 2 is 2.04 bits per heavy atom. The third kappa shape index (κ3) is 2.62. The zero-order chi connectivity index (χ0) is 16.7. The zero-order valence-electron chi connectivity index (χ0n) is 13.6. The first kappa shape index (κ1) is 15.7. The fourth-order valence-corrected chi connectivity index (χ4v) is 4.62. The van der Waals surface area contributed by atoms with Gasteiger partial charge >= 0.3 is 0 Å². The highest BCUT2D eigenvalue weighted by Crippen LogP contribution is 2.40. The number of benzene rings is 1. The Labute approximate surface area is 149 Å². The van der Waals surface area contributed by atoms with Crippen LogP contribution in [0.5, 0.6) is 5.75 Å². The molecule has 4 rings (SSSR count). The topological polar surface area (TPSA) is 47.0 Å². The third-order valence-corrected chi connectivity index (χ3v) is 6.09. The molecule has 0 atom stereocenters. The summed E-state index contributed by atoms with van der Waals surface area (Å²) in [5.41, 5.74) is 3.28. The van der Waals surface area contributed by atoms with E-state index in [1.807, 2.05) is 19.1 Å². The Hall–Kier alpha value is -1.85. The zero-order valence-corrected chi connectivity index (χ0v) is 15.2. The number of nitrogens with one attached hydrogen (secondary N) is 1. The number of anilines is 2. The molecule has 1 aromatic carbocycles. The third-order valence-electron chi connectivity index (χ3n) is 4.49. The van der Waals surface area contributed by atoms with Crippen LogP contribution in [0.2, 0.25) is 5.02 Å². The van der Waals surface area contributed by atoms with Crippen molar-refractivity contribution in [2.75, 3.05) is 12.4 Å². The number of ether oxygens (including phenoxy) is 1. The molecule has 1 N–H and O–H groups in total. The van der Waals surface area contributed by atoms with Crippen LogP contribution in [0, 0.1) is 6.92 Å². The molecule has 24 heavy (non-hydrogen) atoms. The molecule has 1 aliphatic carbocycles. The Morgan fingerprint density at radius 3 is 2.88 bits per heavy atom. The minimum atomic E-state index is 0.693. The van der Waals surface area contributed by atoms with Gasteiger partial charge in [0.1, 0.15) is 22.7 Å². The second-order valence-corrected chi connectivity index (χ2v) is 7.53. The number of hydrogen-bond donors (Lipinski definition) is 1. The minimum Gasteiger partial charge on any atom is -0.495 e. The van der Waals surface area contributed by atoms with Crippen LogP contribution in [0.15, 0.2) is 18.5 Å². The number of hydrogen-bond acceptors (Lipinski definition) is 5. The molecule has 0 saturated heterocycles. The molecule has 6 heteroatoms. The van der Waals surface area contributed by atoms with Crippen LogP contribution < -0.4 is 10.1 Å². The largest absolute Gasteiger partial charge is 0.495 e. The van der Waals surface area contributed by atoms with E-state index in [0.29, 0.717) is 10.8 Å². The highest BCUT2D eigenvalue weighted by Gasteiger charge is 2.20. The lowest BCUT2D eigenvalue weighted by molar-refractivity contribution is 0.416. The molecule has 2 aromatic heterocycles. The lowest BCUT2D eigenvalue weighted by Crippen LogP contribution is -2.02. The second-order valence-electron chi connectivity index (χ2n) is 6.04. The summed E-state index contributed by atoms with van der Waals surface area (Å²) in [6.45, 7) is 1.98. The summed E-state index contributed by atoms with van der Waals surface area (Å²) >= 11 is 8.00. The Balaban J connectivity index is 1.83. The molecule has 1 aliphatic rings. The summed E-state index contributed by atoms with van der Waals surface area (Å²) in [6.07, 6.45) is 6.38. The molecule has 0 bridgehead atoms. The van der Waals surface area contributed by atoms with Gasteiger partial charge in [0, 0.05) is 16.0 Å².